The van der Waals surface area contributed by atoms with Gasteiger partial charge in [0.05, 0.1) is 50.8 Å². The number of esters is 1. The molecule has 0 N–H and O–H groups in total. The fraction of sp³-hybridized carbons (Fsp3) is 0.179. The first kappa shape index (κ1) is 24.5. The summed E-state index contributed by atoms with van der Waals surface area (Å²) in [6, 6.07) is 19.1. The molecule has 0 aliphatic heterocycles. The highest BCUT2D eigenvalue weighted by Crippen LogP contribution is 2.33. The van der Waals surface area contributed by atoms with Crippen molar-refractivity contribution in [2.24, 2.45) is 0 Å². The first-order valence-electron chi connectivity index (χ1n) is 11.0. The van der Waals surface area contributed by atoms with E-state index < -0.39 is 18.4 Å². The Hall–Kier alpha value is -4.59. The van der Waals surface area contributed by atoms with E-state index in [1.807, 2.05) is 24.3 Å². The van der Waals surface area contributed by atoms with Gasteiger partial charge in [-0.05, 0) is 42.5 Å². The van der Waals surface area contributed by atoms with Crippen LogP contribution in [-0.4, -0.2) is 51.8 Å². The molecule has 4 aromatic rings. The number of ketones is 1. The number of fused-ring (bicyclic) bond motifs is 1. The Kier molecular flexibility index (Phi) is 7.34. The highest BCUT2D eigenvalue weighted by Gasteiger charge is 2.19. The monoisotopic (exact) mass is 487 g/mol. The van der Waals surface area contributed by atoms with Crippen molar-refractivity contribution in [3.63, 3.8) is 0 Å². The maximum absolute atomic E-state index is 13.2. The molecule has 0 fully saturated rings. The summed E-state index contributed by atoms with van der Waals surface area (Å²) >= 11 is 0. The number of hydrogen-bond donors (Lipinski definition) is 0. The molecule has 0 unspecified atom stereocenters. The van der Waals surface area contributed by atoms with Gasteiger partial charge in [-0.1, -0.05) is 18.2 Å². The van der Waals surface area contributed by atoms with Gasteiger partial charge in [0.2, 0.25) is 5.78 Å². The number of carbonyl (C=O) groups is 2. The second-order valence-corrected chi connectivity index (χ2v) is 7.71. The molecule has 0 bridgehead atoms. The minimum absolute atomic E-state index is 0.289. The number of carbonyl (C=O) groups excluding carboxylic acids is 2. The Bertz CT molecular complexity index is 1430. The van der Waals surface area contributed by atoms with E-state index in [-0.39, 0.29) is 5.56 Å². The van der Waals surface area contributed by atoms with E-state index in [0.717, 1.165) is 5.56 Å². The second-order valence-electron chi connectivity index (χ2n) is 7.71. The van der Waals surface area contributed by atoms with Crippen LogP contribution in [0.3, 0.4) is 0 Å². The van der Waals surface area contributed by atoms with Crippen molar-refractivity contribution in [3.05, 3.63) is 77.9 Å². The first-order chi connectivity index (χ1) is 17.5. The number of para-hydroxylation sites is 1. The molecule has 184 valence electrons. The number of pyridine rings is 1. The summed E-state index contributed by atoms with van der Waals surface area (Å²) in [4.78, 5) is 30.7. The molecule has 3 aromatic carbocycles. The normalized spacial score (nSPS) is 10.6. The van der Waals surface area contributed by atoms with E-state index in [1.54, 1.807) is 56.7 Å². The van der Waals surface area contributed by atoms with Crippen molar-refractivity contribution in [1.82, 2.24) is 4.98 Å². The summed E-state index contributed by atoms with van der Waals surface area (Å²) in [5.74, 6) is 0.951. The molecule has 8 nitrogen and oxygen atoms in total. The van der Waals surface area contributed by atoms with Crippen molar-refractivity contribution < 1.29 is 33.3 Å². The van der Waals surface area contributed by atoms with E-state index >= 15 is 0 Å². The highest BCUT2D eigenvalue weighted by molar-refractivity contribution is 6.06. The Labute approximate surface area is 208 Å². The van der Waals surface area contributed by atoms with Crippen molar-refractivity contribution in [1.29, 1.82) is 0 Å². The number of rotatable bonds is 9. The molecule has 0 spiro atoms. The summed E-state index contributed by atoms with van der Waals surface area (Å²) in [6.07, 6.45) is 0. The highest BCUT2D eigenvalue weighted by atomic mass is 16.5. The fourth-order valence-electron chi connectivity index (χ4n) is 3.80. The molecule has 0 aliphatic carbocycles. The van der Waals surface area contributed by atoms with Crippen LogP contribution >= 0.6 is 0 Å². The maximum atomic E-state index is 13.2. The summed E-state index contributed by atoms with van der Waals surface area (Å²) in [6.45, 7) is -0.455. The van der Waals surface area contributed by atoms with Crippen LogP contribution in [-0.2, 0) is 4.74 Å². The number of ether oxygens (including phenoxy) is 5. The maximum Gasteiger partial charge on any atom is 0.339 e. The zero-order chi connectivity index (χ0) is 25.7. The smallest absolute Gasteiger partial charge is 0.339 e. The molecule has 0 radical (unpaired) electrons. The lowest BCUT2D eigenvalue weighted by atomic mass is 10.0. The average molecular weight is 488 g/mol. The van der Waals surface area contributed by atoms with E-state index in [0.29, 0.717) is 45.2 Å². The molecule has 4 rings (SSSR count). The third-order valence-corrected chi connectivity index (χ3v) is 5.66. The van der Waals surface area contributed by atoms with Gasteiger partial charge in [0.1, 0.15) is 11.5 Å². The van der Waals surface area contributed by atoms with Gasteiger partial charge < -0.3 is 23.7 Å². The predicted octanol–water partition coefficient (Wildman–Crippen LogP) is 4.98. The molecule has 0 atom stereocenters. The molecule has 0 aliphatic rings. The van der Waals surface area contributed by atoms with Crippen molar-refractivity contribution >= 4 is 22.7 Å². The van der Waals surface area contributed by atoms with E-state index in [2.05, 4.69) is 0 Å². The zero-order valence-electron chi connectivity index (χ0n) is 20.4. The van der Waals surface area contributed by atoms with Crippen molar-refractivity contribution in [2.75, 3.05) is 35.0 Å². The van der Waals surface area contributed by atoms with Crippen LogP contribution < -0.4 is 18.9 Å². The van der Waals surface area contributed by atoms with Crippen LogP contribution in [0, 0.1) is 0 Å². The lowest BCUT2D eigenvalue weighted by Gasteiger charge is -2.13. The van der Waals surface area contributed by atoms with Crippen LogP contribution in [0.1, 0.15) is 20.7 Å². The average Bonchev–Trinajstić information content (AvgIpc) is 2.94. The molecule has 0 amide bonds. The minimum atomic E-state index is -0.642. The van der Waals surface area contributed by atoms with Crippen LogP contribution in [0.5, 0.6) is 23.0 Å². The Morgan fingerprint density at radius 2 is 1.47 bits per heavy atom. The van der Waals surface area contributed by atoms with Crippen LogP contribution in [0.15, 0.2) is 66.7 Å². The van der Waals surface area contributed by atoms with E-state index in [4.69, 9.17) is 28.7 Å². The summed E-state index contributed by atoms with van der Waals surface area (Å²) in [5, 5.41) is 0.612. The number of hydrogen-bond acceptors (Lipinski definition) is 8. The summed E-state index contributed by atoms with van der Waals surface area (Å²) in [7, 11) is 6.08. The van der Waals surface area contributed by atoms with Gasteiger partial charge in [0.15, 0.2) is 18.1 Å². The summed E-state index contributed by atoms with van der Waals surface area (Å²) in [5.41, 5.74) is 2.47. The lowest BCUT2D eigenvalue weighted by Crippen LogP contribution is -2.15. The minimum Gasteiger partial charge on any atom is -0.497 e. The standard InChI is InChI=1S/C28H25NO7/c1-32-18-10-11-20(26(14-18)34-3)24(30)16-36-28(31)21-15-23(29-22-8-6-5-7-19(21)22)17-9-12-25(33-2)27(13-17)35-4/h5-15H,16H2,1-4H3. The van der Waals surface area contributed by atoms with E-state index in [1.165, 1.54) is 14.2 Å². The van der Waals surface area contributed by atoms with Gasteiger partial charge in [0, 0.05) is 17.0 Å². The topological polar surface area (TPSA) is 93.2 Å². The number of nitrogens with zero attached hydrogens (tertiary/aromatic N) is 1. The third kappa shape index (κ3) is 4.93. The second kappa shape index (κ2) is 10.8. The fourth-order valence-corrected chi connectivity index (χ4v) is 3.80. The molecule has 1 heterocycles. The molecular weight excluding hydrogens is 462 g/mol. The Balaban J connectivity index is 1.64. The Morgan fingerprint density at radius 3 is 2.19 bits per heavy atom. The van der Waals surface area contributed by atoms with Gasteiger partial charge in [-0.2, -0.15) is 0 Å². The number of aromatic nitrogens is 1. The van der Waals surface area contributed by atoms with Crippen LogP contribution in [0.25, 0.3) is 22.2 Å². The molecular formula is C28H25NO7. The first-order valence-corrected chi connectivity index (χ1v) is 11.0. The molecule has 0 saturated carbocycles. The van der Waals surface area contributed by atoms with Gasteiger partial charge in [-0.15, -0.1) is 0 Å². The van der Waals surface area contributed by atoms with Gasteiger partial charge in [0.25, 0.3) is 0 Å². The van der Waals surface area contributed by atoms with Crippen LogP contribution in [0.2, 0.25) is 0 Å². The lowest BCUT2D eigenvalue weighted by molar-refractivity contribution is 0.0476. The van der Waals surface area contributed by atoms with Gasteiger partial charge in [-0.3, -0.25) is 4.79 Å². The van der Waals surface area contributed by atoms with Crippen molar-refractivity contribution in [3.8, 4) is 34.3 Å². The quantitative estimate of drug-likeness (QED) is 0.241. The van der Waals surface area contributed by atoms with Crippen LogP contribution in [0.4, 0.5) is 0 Å². The van der Waals surface area contributed by atoms with Crippen molar-refractivity contribution in [2.45, 2.75) is 0 Å². The van der Waals surface area contributed by atoms with E-state index in [9.17, 15) is 9.59 Å². The largest absolute Gasteiger partial charge is 0.497 e. The van der Waals surface area contributed by atoms with Gasteiger partial charge in [-0.25, -0.2) is 9.78 Å². The summed E-state index contributed by atoms with van der Waals surface area (Å²) < 4.78 is 26.6. The van der Waals surface area contributed by atoms with Gasteiger partial charge >= 0.3 is 5.97 Å². The number of benzene rings is 3. The number of Topliss-reactive ketones (excluding diaryl/α,β-unsaturated/α-hetero) is 1. The third-order valence-electron chi connectivity index (χ3n) is 5.66. The molecule has 36 heavy (non-hydrogen) atoms. The number of methoxy groups -OCH3 is 4. The Morgan fingerprint density at radius 1 is 0.722 bits per heavy atom. The molecule has 8 heteroatoms. The SMILES string of the molecule is COc1ccc(C(=O)COC(=O)c2cc(-c3ccc(OC)c(OC)c3)nc3ccccc23)c(OC)c1. The molecule has 0 saturated heterocycles. The molecule has 1 aromatic heterocycles. The predicted molar refractivity (Wildman–Crippen MR) is 134 cm³/mol. The zero-order valence-corrected chi connectivity index (χ0v) is 20.4.